The third-order valence-electron chi connectivity index (χ3n) is 2.71. The van der Waals surface area contributed by atoms with Crippen molar-refractivity contribution < 1.29 is 0 Å². The van der Waals surface area contributed by atoms with Gasteiger partial charge in [-0.3, -0.25) is 0 Å². The molecule has 0 spiro atoms. The minimum Gasteiger partial charge on any atom is -0.398 e. The largest absolute Gasteiger partial charge is 0.398 e. The molecule has 1 atom stereocenters. The van der Waals surface area contributed by atoms with Gasteiger partial charge in [-0.05, 0) is 36.6 Å². The Hall–Kier alpha value is -0.670. The Balaban J connectivity index is 2.95. The first-order valence-electron chi connectivity index (χ1n) is 5.29. The average molecular weight is 224 g/mol. The molecule has 1 aromatic carbocycles. The van der Waals surface area contributed by atoms with Gasteiger partial charge in [-0.25, -0.2) is 0 Å². The molecule has 0 saturated heterocycles. The lowest BCUT2D eigenvalue weighted by Gasteiger charge is -2.21. The second kappa shape index (κ2) is 5.42. The van der Waals surface area contributed by atoms with Crippen LogP contribution in [0.2, 0.25) is 0 Å². The van der Waals surface area contributed by atoms with Crippen molar-refractivity contribution in [1.82, 2.24) is 5.32 Å². The molecule has 1 aromatic rings. The second-order valence-corrected chi connectivity index (χ2v) is 4.71. The van der Waals surface area contributed by atoms with Crippen LogP contribution in [-0.2, 0) is 0 Å². The quantitative estimate of drug-likeness (QED) is 0.543. The number of nitrogens with one attached hydrogen (secondary N) is 1. The van der Waals surface area contributed by atoms with Crippen molar-refractivity contribution in [1.29, 1.82) is 0 Å². The molecule has 84 valence electrons. The molecular formula is C12H20N2S. The van der Waals surface area contributed by atoms with Gasteiger partial charge in [-0.2, -0.15) is 0 Å². The fourth-order valence-electron chi connectivity index (χ4n) is 1.75. The van der Waals surface area contributed by atoms with Gasteiger partial charge in [0.2, 0.25) is 0 Å². The number of benzene rings is 1. The van der Waals surface area contributed by atoms with Crippen molar-refractivity contribution in [3.63, 3.8) is 0 Å². The van der Waals surface area contributed by atoms with Crippen LogP contribution in [0.3, 0.4) is 0 Å². The summed E-state index contributed by atoms with van der Waals surface area (Å²) in [5.74, 6) is 1.12. The van der Waals surface area contributed by atoms with Crippen molar-refractivity contribution in [2.75, 3.05) is 19.3 Å². The zero-order valence-corrected chi connectivity index (χ0v) is 10.5. The molecule has 0 heterocycles. The summed E-state index contributed by atoms with van der Waals surface area (Å²) in [6.07, 6.45) is 0. The molecule has 15 heavy (non-hydrogen) atoms. The Bertz CT molecular complexity index is 323. The minimum atomic E-state index is 0.515. The van der Waals surface area contributed by atoms with E-state index in [0.29, 0.717) is 11.8 Å². The second-order valence-electron chi connectivity index (χ2n) is 4.23. The van der Waals surface area contributed by atoms with Crippen molar-refractivity contribution >= 4 is 18.3 Å². The molecule has 1 unspecified atom stereocenters. The lowest BCUT2D eigenvalue weighted by molar-refractivity contribution is 0.478. The zero-order valence-electron chi connectivity index (χ0n) is 9.62. The number of rotatable bonds is 4. The summed E-state index contributed by atoms with van der Waals surface area (Å²) in [7, 11) is 1.98. The van der Waals surface area contributed by atoms with Crippen LogP contribution in [0, 0.1) is 5.92 Å². The van der Waals surface area contributed by atoms with Gasteiger partial charge < -0.3 is 11.1 Å². The van der Waals surface area contributed by atoms with Gasteiger partial charge in [0.05, 0.1) is 0 Å². The van der Waals surface area contributed by atoms with Crippen LogP contribution in [0.1, 0.15) is 25.3 Å². The summed E-state index contributed by atoms with van der Waals surface area (Å²) >= 11 is 4.35. The molecule has 0 aromatic heterocycles. The van der Waals surface area contributed by atoms with Gasteiger partial charge in [-0.15, -0.1) is 12.6 Å². The average Bonchev–Trinajstić information content (AvgIpc) is 2.18. The molecule has 3 N–H and O–H groups in total. The van der Waals surface area contributed by atoms with Crippen LogP contribution in [0.5, 0.6) is 0 Å². The third-order valence-corrected chi connectivity index (χ3v) is 3.10. The third kappa shape index (κ3) is 3.14. The van der Waals surface area contributed by atoms with Crippen LogP contribution < -0.4 is 11.1 Å². The topological polar surface area (TPSA) is 38.0 Å². The number of hydrogen-bond donors (Lipinski definition) is 3. The monoisotopic (exact) mass is 224 g/mol. The number of anilines is 1. The molecule has 2 nitrogen and oxygen atoms in total. The molecule has 0 saturated carbocycles. The highest BCUT2D eigenvalue weighted by atomic mass is 32.1. The van der Waals surface area contributed by atoms with Crippen LogP contribution in [0.4, 0.5) is 5.69 Å². The summed E-state index contributed by atoms with van der Waals surface area (Å²) in [6, 6.07) is 6.10. The molecule has 0 bridgehead atoms. The van der Waals surface area contributed by atoms with Gasteiger partial charge >= 0.3 is 0 Å². The first-order chi connectivity index (χ1) is 7.06. The summed E-state index contributed by atoms with van der Waals surface area (Å²) in [5, 5.41) is 3.23. The normalized spacial score (nSPS) is 13.1. The molecule has 0 amide bonds. The van der Waals surface area contributed by atoms with Gasteiger partial charge in [0.1, 0.15) is 0 Å². The Labute approximate surface area is 97.7 Å². The van der Waals surface area contributed by atoms with Crippen molar-refractivity contribution in [3.05, 3.63) is 23.8 Å². The van der Waals surface area contributed by atoms with Crippen LogP contribution >= 0.6 is 12.6 Å². The van der Waals surface area contributed by atoms with Crippen molar-refractivity contribution in [3.8, 4) is 0 Å². The Kier molecular flexibility index (Phi) is 4.48. The van der Waals surface area contributed by atoms with E-state index in [9.17, 15) is 0 Å². The Morgan fingerprint density at radius 3 is 2.53 bits per heavy atom. The fraction of sp³-hybridized carbons (Fsp3) is 0.500. The fourth-order valence-corrected chi connectivity index (χ4v) is 1.97. The maximum Gasteiger partial charge on any atom is 0.0449 e. The smallest absolute Gasteiger partial charge is 0.0449 e. The molecule has 0 aliphatic heterocycles. The highest BCUT2D eigenvalue weighted by Gasteiger charge is 2.15. The summed E-state index contributed by atoms with van der Waals surface area (Å²) in [4.78, 5) is 0.870. The Morgan fingerprint density at radius 1 is 1.40 bits per heavy atom. The van der Waals surface area contributed by atoms with Crippen LogP contribution in [-0.4, -0.2) is 13.6 Å². The molecule has 0 aliphatic rings. The maximum atomic E-state index is 5.75. The number of nitrogen functional groups attached to an aromatic ring is 1. The maximum absolute atomic E-state index is 5.75. The molecule has 0 aliphatic carbocycles. The van der Waals surface area contributed by atoms with E-state index in [1.165, 1.54) is 5.56 Å². The van der Waals surface area contributed by atoms with Gasteiger partial charge in [0.25, 0.3) is 0 Å². The number of likely N-dealkylation sites (N-methyl/N-ethyl adjacent to an activating group) is 1. The standard InChI is InChI=1S/C12H20N2S/c1-8(2)10(7-14-3)9-4-5-11(13)12(15)6-9/h4-6,8,10,14-15H,7,13H2,1-3H3. The summed E-state index contributed by atoms with van der Waals surface area (Å²) in [6.45, 7) is 5.45. The van der Waals surface area contributed by atoms with E-state index in [2.05, 4.69) is 43.9 Å². The van der Waals surface area contributed by atoms with E-state index >= 15 is 0 Å². The summed E-state index contributed by atoms with van der Waals surface area (Å²) in [5.41, 5.74) is 7.80. The van der Waals surface area contributed by atoms with E-state index in [1.807, 2.05) is 13.1 Å². The molecule has 0 fully saturated rings. The van der Waals surface area contributed by atoms with Crippen LogP contribution in [0.25, 0.3) is 0 Å². The van der Waals surface area contributed by atoms with E-state index < -0.39 is 0 Å². The first-order valence-corrected chi connectivity index (χ1v) is 5.74. The number of hydrogen-bond acceptors (Lipinski definition) is 3. The van der Waals surface area contributed by atoms with E-state index in [-0.39, 0.29) is 0 Å². The molecule has 3 heteroatoms. The number of thiol groups is 1. The van der Waals surface area contributed by atoms with E-state index in [0.717, 1.165) is 17.1 Å². The summed E-state index contributed by atoms with van der Waals surface area (Å²) < 4.78 is 0. The van der Waals surface area contributed by atoms with E-state index in [1.54, 1.807) is 0 Å². The van der Waals surface area contributed by atoms with E-state index in [4.69, 9.17) is 5.73 Å². The molecular weight excluding hydrogens is 204 g/mol. The SMILES string of the molecule is CNCC(c1ccc(N)c(S)c1)C(C)C. The molecule has 0 radical (unpaired) electrons. The minimum absolute atomic E-state index is 0.515. The molecule has 1 rings (SSSR count). The van der Waals surface area contributed by atoms with Gasteiger partial charge in [-0.1, -0.05) is 19.9 Å². The predicted octanol–water partition coefficient (Wildman–Crippen LogP) is 2.52. The lowest BCUT2D eigenvalue weighted by Crippen LogP contribution is -2.21. The Morgan fingerprint density at radius 2 is 2.07 bits per heavy atom. The van der Waals surface area contributed by atoms with Crippen molar-refractivity contribution in [2.24, 2.45) is 5.92 Å². The highest BCUT2D eigenvalue weighted by Crippen LogP contribution is 2.27. The lowest BCUT2D eigenvalue weighted by atomic mass is 9.88. The first kappa shape index (κ1) is 12.4. The van der Waals surface area contributed by atoms with Crippen LogP contribution in [0.15, 0.2) is 23.1 Å². The highest BCUT2D eigenvalue weighted by molar-refractivity contribution is 7.80. The zero-order chi connectivity index (χ0) is 11.4. The van der Waals surface area contributed by atoms with Crippen molar-refractivity contribution in [2.45, 2.75) is 24.7 Å². The van der Waals surface area contributed by atoms with Gasteiger partial charge in [0, 0.05) is 17.1 Å². The number of nitrogens with two attached hydrogens (primary N) is 1. The van der Waals surface area contributed by atoms with Gasteiger partial charge in [0.15, 0.2) is 0 Å². The predicted molar refractivity (Wildman–Crippen MR) is 69.6 cm³/mol.